The lowest BCUT2D eigenvalue weighted by molar-refractivity contribution is 0.973. The molecule has 0 bridgehead atoms. The third kappa shape index (κ3) is 1.74. The Kier molecular flexibility index (Phi) is 2.75. The SMILES string of the molecule is CCc1cccc(SC)n1. The summed E-state index contributed by atoms with van der Waals surface area (Å²) < 4.78 is 0. The third-order valence-electron chi connectivity index (χ3n) is 1.35. The van der Waals surface area contributed by atoms with Gasteiger partial charge < -0.3 is 0 Å². The van der Waals surface area contributed by atoms with E-state index in [0.717, 1.165) is 11.4 Å². The van der Waals surface area contributed by atoms with Crippen molar-refractivity contribution in [2.24, 2.45) is 0 Å². The van der Waals surface area contributed by atoms with E-state index in [1.54, 1.807) is 11.8 Å². The summed E-state index contributed by atoms with van der Waals surface area (Å²) >= 11 is 1.69. The van der Waals surface area contributed by atoms with Crippen LogP contribution in [0.2, 0.25) is 0 Å². The molecule has 0 spiro atoms. The van der Waals surface area contributed by atoms with Crippen LogP contribution >= 0.6 is 11.8 Å². The van der Waals surface area contributed by atoms with Gasteiger partial charge in [-0.15, -0.1) is 11.8 Å². The zero-order valence-corrected chi connectivity index (χ0v) is 7.11. The van der Waals surface area contributed by atoms with Gasteiger partial charge in [0.2, 0.25) is 0 Å². The molecule has 0 aliphatic rings. The second-order valence-electron chi connectivity index (χ2n) is 2.02. The fourth-order valence-electron chi connectivity index (χ4n) is 0.768. The molecule has 0 radical (unpaired) electrons. The summed E-state index contributed by atoms with van der Waals surface area (Å²) in [5, 5.41) is 1.11. The molecule has 1 nitrogen and oxygen atoms in total. The minimum absolute atomic E-state index is 1.02. The normalized spacial score (nSPS) is 9.80. The molecule has 10 heavy (non-hydrogen) atoms. The Morgan fingerprint density at radius 3 is 2.90 bits per heavy atom. The van der Waals surface area contributed by atoms with Crippen LogP contribution in [0.4, 0.5) is 0 Å². The first-order valence-corrected chi connectivity index (χ1v) is 4.59. The van der Waals surface area contributed by atoms with Gasteiger partial charge in [-0.1, -0.05) is 13.0 Å². The topological polar surface area (TPSA) is 12.9 Å². The van der Waals surface area contributed by atoms with Crippen molar-refractivity contribution in [3.05, 3.63) is 23.9 Å². The van der Waals surface area contributed by atoms with Gasteiger partial charge in [-0.25, -0.2) is 4.98 Å². The number of aromatic nitrogens is 1. The molecule has 1 aromatic rings. The predicted molar refractivity (Wildman–Crippen MR) is 45.4 cm³/mol. The molecule has 0 fully saturated rings. The highest BCUT2D eigenvalue weighted by atomic mass is 32.2. The van der Waals surface area contributed by atoms with Crippen LogP contribution in [0, 0.1) is 0 Å². The van der Waals surface area contributed by atoms with E-state index in [9.17, 15) is 0 Å². The van der Waals surface area contributed by atoms with Gasteiger partial charge in [0.1, 0.15) is 0 Å². The lowest BCUT2D eigenvalue weighted by atomic mass is 10.3. The van der Waals surface area contributed by atoms with Crippen molar-refractivity contribution in [3.8, 4) is 0 Å². The van der Waals surface area contributed by atoms with Gasteiger partial charge in [0, 0.05) is 5.69 Å². The van der Waals surface area contributed by atoms with Crippen LogP contribution in [-0.2, 0) is 6.42 Å². The Morgan fingerprint density at radius 1 is 1.50 bits per heavy atom. The highest BCUT2D eigenvalue weighted by molar-refractivity contribution is 7.98. The Hall–Kier alpha value is -0.500. The van der Waals surface area contributed by atoms with Crippen LogP contribution < -0.4 is 0 Å². The molecule has 0 aliphatic carbocycles. The second kappa shape index (κ2) is 3.62. The molecule has 1 aromatic heterocycles. The molecule has 0 aliphatic heterocycles. The average molecular weight is 153 g/mol. The molecule has 0 atom stereocenters. The van der Waals surface area contributed by atoms with Gasteiger partial charge in [-0.3, -0.25) is 0 Å². The minimum Gasteiger partial charge on any atom is -0.247 e. The molecule has 0 saturated carbocycles. The molecule has 0 aromatic carbocycles. The van der Waals surface area contributed by atoms with Crippen molar-refractivity contribution in [2.75, 3.05) is 6.26 Å². The first kappa shape index (κ1) is 7.61. The van der Waals surface area contributed by atoms with Crippen LogP contribution in [-0.4, -0.2) is 11.2 Å². The smallest absolute Gasteiger partial charge is 0.0960 e. The van der Waals surface area contributed by atoms with Crippen molar-refractivity contribution in [1.29, 1.82) is 0 Å². The van der Waals surface area contributed by atoms with Crippen LogP contribution in [0.5, 0.6) is 0 Å². The predicted octanol–water partition coefficient (Wildman–Crippen LogP) is 2.37. The number of pyridine rings is 1. The fourth-order valence-corrected chi connectivity index (χ4v) is 1.19. The van der Waals surface area contributed by atoms with Crippen molar-refractivity contribution < 1.29 is 0 Å². The average Bonchev–Trinajstić information content (AvgIpc) is 2.05. The van der Waals surface area contributed by atoms with Gasteiger partial charge in [-0.05, 0) is 24.8 Å². The van der Waals surface area contributed by atoms with Gasteiger partial charge >= 0.3 is 0 Å². The van der Waals surface area contributed by atoms with E-state index in [1.807, 2.05) is 12.3 Å². The monoisotopic (exact) mass is 153 g/mol. The van der Waals surface area contributed by atoms with E-state index in [4.69, 9.17) is 0 Å². The molecule has 1 rings (SSSR count). The van der Waals surface area contributed by atoms with E-state index < -0.39 is 0 Å². The lowest BCUT2D eigenvalue weighted by Gasteiger charge is -1.97. The summed E-state index contributed by atoms with van der Waals surface area (Å²) in [5.41, 5.74) is 1.17. The van der Waals surface area contributed by atoms with Gasteiger partial charge in [0.05, 0.1) is 5.03 Å². The van der Waals surface area contributed by atoms with Crippen LogP contribution in [0.1, 0.15) is 12.6 Å². The Morgan fingerprint density at radius 2 is 2.30 bits per heavy atom. The Balaban J connectivity index is 2.87. The van der Waals surface area contributed by atoms with Crippen LogP contribution in [0.15, 0.2) is 23.2 Å². The summed E-state index contributed by atoms with van der Waals surface area (Å²) in [6.07, 6.45) is 3.07. The quantitative estimate of drug-likeness (QED) is 0.605. The number of hydrogen-bond donors (Lipinski definition) is 0. The highest BCUT2D eigenvalue weighted by Crippen LogP contribution is 2.10. The van der Waals surface area contributed by atoms with Gasteiger partial charge in [0.15, 0.2) is 0 Å². The zero-order chi connectivity index (χ0) is 7.40. The maximum Gasteiger partial charge on any atom is 0.0960 e. The minimum atomic E-state index is 1.02. The molecule has 0 unspecified atom stereocenters. The number of thioether (sulfide) groups is 1. The van der Waals surface area contributed by atoms with Crippen molar-refractivity contribution in [3.63, 3.8) is 0 Å². The third-order valence-corrected chi connectivity index (χ3v) is 2.00. The summed E-state index contributed by atoms with van der Waals surface area (Å²) in [7, 11) is 0. The summed E-state index contributed by atoms with van der Waals surface area (Å²) in [6.45, 7) is 2.12. The van der Waals surface area contributed by atoms with E-state index >= 15 is 0 Å². The molecule has 0 N–H and O–H groups in total. The maximum absolute atomic E-state index is 4.37. The molecule has 1 heterocycles. The first-order valence-electron chi connectivity index (χ1n) is 3.36. The van der Waals surface area contributed by atoms with Gasteiger partial charge in [-0.2, -0.15) is 0 Å². The molecular formula is C8H11NS. The highest BCUT2D eigenvalue weighted by Gasteiger charge is 1.91. The summed E-state index contributed by atoms with van der Waals surface area (Å²) in [6, 6.07) is 6.14. The Labute approximate surface area is 65.9 Å². The largest absolute Gasteiger partial charge is 0.247 e. The number of aryl methyl sites for hydroxylation is 1. The summed E-state index contributed by atoms with van der Waals surface area (Å²) in [4.78, 5) is 4.37. The van der Waals surface area contributed by atoms with Crippen molar-refractivity contribution >= 4 is 11.8 Å². The molecule has 0 amide bonds. The van der Waals surface area contributed by atoms with E-state index in [-0.39, 0.29) is 0 Å². The van der Waals surface area contributed by atoms with E-state index in [1.165, 1.54) is 5.69 Å². The number of hydrogen-bond acceptors (Lipinski definition) is 2. The van der Waals surface area contributed by atoms with E-state index in [0.29, 0.717) is 0 Å². The standard InChI is InChI=1S/C8H11NS/c1-3-7-5-4-6-8(9-7)10-2/h4-6H,3H2,1-2H3. The lowest BCUT2D eigenvalue weighted by Crippen LogP contribution is -1.86. The second-order valence-corrected chi connectivity index (χ2v) is 2.85. The Bertz CT molecular complexity index is 191. The van der Waals surface area contributed by atoms with Crippen molar-refractivity contribution in [1.82, 2.24) is 4.98 Å². The number of nitrogens with zero attached hydrogens (tertiary/aromatic N) is 1. The summed E-state index contributed by atoms with van der Waals surface area (Å²) in [5.74, 6) is 0. The molecule has 2 heteroatoms. The first-order chi connectivity index (χ1) is 4.86. The fraction of sp³-hybridized carbons (Fsp3) is 0.375. The number of rotatable bonds is 2. The van der Waals surface area contributed by atoms with Gasteiger partial charge in [0.25, 0.3) is 0 Å². The van der Waals surface area contributed by atoms with Crippen molar-refractivity contribution in [2.45, 2.75) is 18.4 Å². The molecule has 54 valence electrons. The van der Waals surface area contributed by atoms with Crippen LogP contribution in [0.3, 0.4) is 0 Å². The van der Waals surface area contributed by atoms with E-state index in [2.05, 4.69) is 24.0 Å². The van der Waals surface area contributed by atoms with Crippen LogP contribution in [0.25, 0.3) is 0 Å². The zero-order valence-electron chi connectivity index (χ0n) is 6.29. The maximum atomic E-state index is 4.37. The molecular weight excluding hydrogens is 142 g/mol. The molecule has 0 saturated heterocycles.